The zero-order chi connectivity index (χ0) is 46.1. The lowest BCUT2D eigenvalue weighted by atomic mass is 9.47. The number of benzene rings is 2. The second-order valence-electron chi connectivity index (χ2n) is 19.1. The molecule has 3 aromatic rings. The maximum atomic E-state index is 15.5. The van der Waals surface area contributed by atoms with Crippen molar-refractivity contribution in [1.29, 1.82) is 0 Å². The first-order valence-electron chi connectivity index (χ1n) is 21.8. The van der Waals surface area contributed by atoms with Gasteiger partial charge in [0.1, 0.15) is 11.2 Å². The molecule has 6 aliphatic rings. The molecule has 6 heterocycles. The van der Waals surface area contributed by atoms with Gasteiger partial charge in [-0.15, -0.1) is 0 Å². The van der Waals surface area contributed by atoms with E-state index in [9.17, 15) is 23.1 Å². The Balaban J connectivity index is 1.36. The van der Waals surface area contributed by atoms with Crippen molar-refractivity contribution in [1.82, 2.24) is 14.8 Å². The molecular formula is C46H57F2N5O10S. The van der Waals surface area contributed by atoms with E-state index in [1.807, 2.05) is 34.9 Å². The highest BCUT2D eigenvalue weighted by Crippen LogP contribution is 2.68. The lowest BCUT2D eigenvalue weighted by molar-refractivity contribution is -0.228. The number of hydrogen-bond acceptors (Lipinski definition) is 13. The first-order valence-corrected chi connectivity index (χ1v) is 23.7. The molecule has 18 heteroatoms. The number of carbonyl (C=O) groups excluding carboxylic acids is 3. The number of sulfonamides is 1. The molecule has 1 aliphatic carbocycles. The number of aromatic amines is 1. The van der Waals surface area contributed by atoms with Crippen molar-refractivity contribution in [3.8, 4) is 5.75 Å². The average Bonchev–Trinajstić information content (AvgIpc) is 3.88. The molecule has 64 heavy (non-hydrogen) atoms. The summed E-state index contributed by atoms with van der Waals surface area (Å²) in [6, 6.07) is 7.31. The molecule has 2 bridgehead atoms. The molecule has 1 aromatic heterocycles. The van der Waals surface area contributed by atoms with Crippen LogP contribution >= 0.6 is 0 Å². The van der Waals surface area contributed by atoms with E-state index in [4.69, 9.17) is 18.9 Å². The van der Waals surface area contributed by atoms with Crippen molar-refractivity contribution in [2.75, 3.05) is 70.4 Å². The Kier molecular flexibility index (Phi) is 10.3. The lowest BCUT2D eigenvalue weighted by Gasteiger charge is -2.63. The van der Waals surface area contributed by atoms with Crippen LogP contribution < -0.4 is 14.4 Å². The van der Waals surface area contributed by atoms with Crippen LogP contribution in [0.5, 0.6) is 5.75 Å². The van der Waals surface area contributed by atoms with Crippen LogP contribution in [-0.4, -0.2) is 137 Å². The highest BCUT2D eigenvalue weighted by atomic mass is 32.2. The SMILES string of the molecule is CC[C@]12C=CCN3CC[C@@]4(c5cc([C@@]6(C(=O)OC)C[C@H]7CC(C(C)(F)F)CN(Cc8c6[nH]c6ccc(NS(C)(=O)=O)cc86)C7)c(OC)cc5N(C)[C@H]4[C@@](O)(C(=O)OC)[C@@H]1OC(C)=O)[C@@H]32. The van der Waals surface area contributed by atoms with E-state index in [1.165, 1.54) is 28.3 Å². The third kappa shape index (κ3) is 6.10. The topological polar surface area (TPSA) is 180 Å². The number of halogens is 2. The number of anilines is 2. The largest absolute Gasteiger partial charge is 0.496 e. The van der Waals surface area contributed by atoms with Crippen molar-refractivity contribution in [2.24, 2.45) is 17.3 Å². The van der Waals surface area contributed by atoms with Crippen molar-refractivity contribution in [3.05, 3.63) is 64.9 Å². The highest BCUT2D eigenvalue weighted by molar-refractivity contribution is 7.92. The number of methoxy groups -OCH3 is 3. The molecule has 5 aliphatic heterocycles. The van der Waals surface area contributed by atoms with Crippen LogP contribution in [-0.2, 0) is 56.0 Å². The first kappa shape index (κ1) is 44.4. The Labute approximate surface area is 371 Å². The summed E-state index contributed by atoms with van der Waals surface area (Å²) in [7, 11) is 2.07. The minimum absolute atomic E-state index is 0.0379. The van der Waals surface area contributed by atoms with E-state index < -0.39 is 85.7 Å². The number of likely N-dealkylation sites (N-methyl/N-ethyl adjacent to an activating group) is 1. The van der Waals surface area contributed by atoms with E-state index in [2.05, 4.69) is 14.6 Å². The van der Waals surface area contributed by atoms with Crippen LogP contribution in [0.3, 0.4) is 0 Å². The molecule has 15 nitrogen and oxygen atoms in total. The van der Waals surface area contributed by atoms with E-state index >= 15 is 13.6 Å². The number of ether oxygens (including phenoxy) is 4. The Morgan fingerprint density at radius 2 is 1.78 bits per heavy atom. The number of nitrogens with one attached hydrogen (secondary N) is 2. The van der Waals surface area contributed by atoms with Crippen molar-refractivity contribution >= 4 is 50.2 Å². The summed E-state index contributed by atoms with van der Waals surface area (Å²) in [6.07, 6.45) is 4.67. The normalized spacial score (nSPS) is 34.1. The quantitative estimate of drug-likeness (QED) is 0.156. The van der Waals surface area contributed by atoms with Gasteiger partial charge in [0.05, 0.1) is 33.6 Å². The van der Waals surface area contributed by atoms with Crippen molar-refractivity contribution in [2.45, 2.75) is 93.5 Å². The maximum Gasteiger partial charge on any atom is 0.344 e. The fourth-order valence-electron chi connectivity index (χ4n) is 13.6. The number of carbonyl (C=O) groups is 3. The van der Waals surface area contributed by atoms with Gasteiger partial charge in [-0.25, -0.2) is 22.0 Å². The highest BCUT2D eigenvalue weighted by Gasteiger charge is 2.80. The molecule has 2 unspecified atom stereocenters. The van der Waals surface area contributed by atoms with E-state index in [0.717, 1.165) is 18.7 Å². The summed E-state index contributed by atoms with van der Waals surface area (Å²) >= 11 is 0. The van der Waals surface area contributed by atoms with Gasteiger partial charge in [0, 0.05) is 103 Å². The number of hydrogen-bond donors (Lipinski definition) is 3. The molecule has 1 saturated carbocycles. The van der Waals surface area contributed by atoms with Gasteiger partial charge >= 0.3 is 17.9 Å². The number of aliphatic hydroxyl groups is 1. The zero-order valence-corrected chi connectivity index (χ0v) is 38.2. The molecule has 2 saturated heterocycles. The molecule has 0 amide bonds. The van der Waals surface area contributed by atoms with Crippen molar-refractivity contribution < 1.29 is 55.6 Å². The van der Waals surface area contributed by atoms with Crippen molar-refractivity contribution in [3.63, 3.8) is 0 Å². The molecular weight excluding hydrogens is 853 g/mol. The summed E-state index contributed by atoms with van der Waals surface area (Å²) in [5.41, 5.74) is -2.56. The van der Waals surface area contributed by atoms with Gasteiger partial charge in [0.15, 0.2) is 6.10 Å². The number of aromatic nitrogens is 1. The smallest absolute Gasteiger partial charge is 0.344 e. The number of piperidine rings is 1. The average molecular weight is 910 g/mol. The van der Waals surface area contributed by atoms with E-state index in [-0.39, 0.29) is 37.4 Å². The van der Waals surface area contributed by atoms with E-state index in [1.54, 1.807) is 31.3 Å². The number of esters is 3. The Hall–Kier alpha value is -4.78. The van der Waals surface area contributed by atoms with Crippen LogP contribution in [0, 0.1) is 17.3 Å². The zero-order valence-electron chi connectivity index (χ0n) is 37.4. The fraction of sp³-hybridized carbons (Fsp3) is 0.587. The number of H-pyrrole nitrogens is 1. The fourth-order valence-corrected chi connectivity index (χ4v) is 14.1. The molecule has 3 N–H and O–H groups in total. The monoisotopic (exact) mass is 909 g/mol. The van der Waals surface area contributed by atoms with Gasteiger partial charge in [0.25, 0.3) is 0 Å². The Morgan fingerprint density at radius 3 is 2.42 bits per heavy atom. The van der Waals surface area contributed by atoms with Crippen LogP contribution in [0.1, 0.15) is 68.8 Å². The predicted octanol–water partition coefficient (Wildman–Crippen LogP) is 4.45. The van der Waals surface area contributed by atoms with Crippen LogP contribution in [0.4, 0.5) is 20.2 Å². The predicted molar refractivity (Wildman–Crippen MR) is 233 cm³/mol. The molecule has 1 spiro atoms. The minimum atomic E-state index is -3.69. The number of fused-ring (bicyclic) bond motifs is 6. The summed E-state index contributed by atoms with van der Waals surface area (Å²) in [5.74, 6) is -6.49. The molecule has 346 valence electrons. The van der Waals surface area contributed by atoms with Gasteiger partial charge < -0.3 is 33.9 Å². The summed E-state index contributed by atoms with van der Waals surface area (Å²) in [4.78, 5) is 52.5. The van der Waals surface area contributed by atoms with Gasteiger partial charge in [0.2, 0.25) is 21.5 Å². The summed E-state index contributed by atoms with van der Waals surface area (Å²) < 4.78 is 82.0. The van der Waals surface area contributed by atoms with Gasteiger partial charge in [-0.2, -0.15) is 0 Å². The third-order valence-electron chi connectivity index (χ3n) is 15.7. The van der Waals surface area contributed by atoms with Gasteiger partial charge in [-0.3, -0.25) is 24.1 Å². The molecule has 9 rings (SSSR count). The summed E-state index contributed by atoms with van der Waals surface area (Å²) in [5, 5.41) is 13.9. The standard InChI is InChI=1S/C46H57F2N5O10S/c1-9-43-13-10-15-53-16-14-44(37(43)53)31-19-32(35(60-5)20-34(31)51(4)38(44)46(57,41(56)62-7)39(43)63-25(2)54)45(40(55)61-6)21-26-17-27(42(3,47)48)23-52(22-26)24-30-29-18-28(50-64(8,58)59)11-12-33(29)49-36(30)45/h10-13,18-20,26-27,37-39,49-50,57H,9,14-17,21-24H2,1-8H3/t26-,27?,37+,38-,39-,43-,44-,45+,46+/m1/s1. The number of nitrogens with zero attached hydrogens (tertiary/aromatic N) is 3. The Bertz CT molecular complexity index is 2600. The van der Waals surface area contributed by atoms with Crippen LogP contribution in [0.2, 0.25) is 0 Å². The second-order valence-corrected chi connectivity index (χ2v) is 20.9. The van der Waals surface area contributed by atoms with Gasteiger partial charge in [-0.05, 0) is 80.5 Å². The molecule has 10 atom stereocenters. The Morgan fingerprint density at radius 1 is 1.05 bits per heavy atom. The molecule has 2 aromatic carbocycles. The minimum Gasteiger partial charge on any atom is -0.496 e. The van der Waals surface area contributed by atoms with Crippen LogP contribution in [0.25, 0.3) is 10.9 Å². The van der Waals surface area contributed by atoms with Gasteiger partial charge in [-0.1, -0.05) is 19.1 Å². The lowest BCUT2D eigenvalue weighted by Crippen LogP contribution is -2.81. The molecule has 0 radical (unpaired) electrons. The summed E-state index contributed by atoms with van der Waals surface area (Å²) in [6.45, 7) is 5.93. The first-order chi connectivity index (χ1) is 30.1. The third-order valence-corrected chi connectivity index (χ3v) is 16.3. The van der Waals surface area contributed by atoms with Crippen LogP contribution in [0.15, 0.2) is 42.5 Å². The second kappa shape index (κ2) is 14.9. The maximum absolute atomic E-state index is 15.5. The molecule has 3 fully saturated rings. The number of rotatable bonds is 9. The van der Waals surface area contributed by atoms with E-state index in [0.29, 0.717) is 65.9 Å². The number of alkyl halides is 2.